The van der Waals surface area contributed by atoms with E-state index in [9.17, 15) is 4.79 Å². The number of rotatable bonds is 6. The monoisotopic (exact) mass is 269 g/mol. The molecule has 0 saturated carbocycles. The molecule has 1 heterocycles. The molecule has 0 spiro atoms. The Bertz CT molecular complexity index is 385. The maximum atomic E-state index is 11.7. The van der Waals surface area contributed by atoms with Gasteiger partial charge >= 0.3 is 5.97 Å². The van der Waals surface area contributed by atoms with Crippen molar-refractivity contribution in [2.75, 3.05) is 7.11 Å². The highest BCUT2D eigenvalue weighted by Crippen LogP contribution is 2.22. The van der Waals surface area contributed by atoms with Crippen molar-refractivity contribution in [2.24, 2.45) is 17.8 Å². The third-order valence-electron chi connectivity index (χ3n) is 2.92. The number of nitrogens with zero attached hydrogens (tertiary/aromatic N) is 1. The summed E-state index contributed by atoms with van der Waals surface area (Å²) in [5, 5.41) is 3.14. The van der Waals surface area contributed by atoms with Gasteiger partial charge in [-0.15, -0.1) is 11.3 Å². The Hall–Kier alpha value is -0.900. The largest absolute Gasteiger partial charge is 0.469 e. The number of carbonyl (C=O) groups excluding carboxylic acids is 1. The van der Waals surface area contributed by atoms with E-state index < -0.39 is 0 Å². The average Bonchev–Trinajstić information content (AvgIpc) is 2.71. The fourth-order valence-corrected chi connectivity index (χ4v) is 2.75. The Labute approximate surface area is 114 Å². The van der Waals surface area contributed by atoms with Crippen LogP contribution in [0.4, 0.5) is 0 Å². The van der Waals surface area contributed by atoms with E-state index in [1.807, 2.05) is 13.8 Å². The smallest absolute Gasteiger partial charge is 0.309 e. The zero-order chi connectivity index (χ0) is 13.7. The molecule has 1 atom stereocenters. The second kappa shape index (κ2) is 6.88. The van der Waals surface area contributed by atoms with E-state index in [0.29, 0.717) is 12.3 Å². The van der Waals surface area contributed by atoms with Gasteiger partial charge in [-0.25, -0.2) is 4.98 Å². The number of carbonyl (C=O) groups is 1. The molecule has 0 aliphatic rings. The van der Waals surface area contributed by atoms with Gasteiger partial charge < -0.3 is 4.74 Å². The number of hydrogen-bond acceptors (Lipinski definition) is 4. The van der Waals surface area contributed by atoms with E-state index >= 15 is 0 Å². The van der Waals surface area contributed by atoms with E-state index in [-0.39, 0.29) is 17.8 Å². The topological polar surface area (TPSA) is 39.2 Å². The summed E-state index contributed by atoms with van der Waals surface area (Å²) < 4.78 is 4.86. The number of thiazole rings is 1. The molecule has 0 aliphatic carbocycles. The SMILES string of the molecule is COC(=O)C(Cc1nc(CC(C)C)cs1)C(C)C. The Morgan fingerprint density at radius 2 is 2.00 bits per heavy atom. The number of esters is 1. The van der Waals surface area contributed by atoms with E-state index in [1.165, 1.54) is 7.11 Å². The minimum Gasteiger partial charge on any atom is -0.469 e. The maximum absolute atomic E-state index is 11.7. The van der Waals surface area contributed by atoms with Crippen molar-refractivity contribution in [1.29, 1.82) is 0 Å². The predicted molar refractivity (Wildman–Crippen MR) is 74.7 cm³/mol. The minimum atomic E-state index is -0.134. The summed E-state index contributed by atoms with van der Waals surface area (Å²) >= 11 is 1.65. The van der Waals surface area contributed by atoms with E-state index in [2.05, 4.69) is 24.2 Å². The summed E-state index contributed by atoms with van der Waals surface area (Å²) in [6.45, 7) is 8.46. The lowest BCUT2D eigenvalue weighted by Gasteiger charge is -2.16. The molecule has 0 fully saturated rings. The van der Waals surface area contributed by atoms with Crippen molar-refractivity contribution in [2.45, 2.75) is 40.5 Å². The molecule has 18 heavy (non-hydrogen) atoms. The Morgan fingerprint density at radius 1 is 1.33 bits per heavy atom. The molecule has 1 rings (SSSR count). The fraction of sp³-hybridized carbons (Fsp3) is 0.714. The van der Waals surface area contributed by atoms with Gasteiger partial charge in [-0.1, -0.05) is 27.7 Å². The number of aromatic nitrogens is 1. The van der Waals surface area contributed by atoms with Crippen LogP contribution in [0.1, 0.15) is 38.4 Å². The lowest BCUT2D eigenvalue weighted by molar-refractivity contribution is -0.146. The molecule has 3 nitrogen and oxygen atoms in total. The molecule has 1 aromatic heterocycles. The first-order valence-corrected chi connectivity index (χ1v) is 7.33. The number of methoxy groups -OCH3 is 1. The van der Waals surface area contributed by atoms with Crippen LogP contribution in [0.2, 0.25) is 0 Å². The van der Waals surface area contributed by atoms with E-state index in [1.54, 1.807) is 11.3 Å². The first kappa shape index (κ1) is 15.2. The van der Waals surface area contributed by atoms with Crippen LogP contribution in [0, 0.1) is 17.8 Å². The van der Waals surface area contributed by atoms with E-state index in [0.717, 1.165) is 17.1 Å². The van der Waals surface area contributed by atoms with Crippen LogP contribution in [0.25, 0.3) is 0 Å². The normalized spacial score (nSPS) is 13.1. The van der Waals surface area contributed by atoms with Crippen LogP contribution in [0.3, 0.4) is 0 Å². The molecule has 0 saturated heterocycles. The molecule has 0 bridgehead atoms. The Kier molecular flexibility index (Phi) is 5.79. The molecule has 0 radical (unpaired) electrons. The number of ether oxygens (including phenoxy) is 1. The van der Waals surface area contributed by atoms with Crippen molar-refractivity contribution in [1.82, 2.24) is 4.98 Å². The van der Waals surface area contributed by atoms with Gasteiger partial charge in [0.05, 0.1) is 23.7 Å². The van der Waals surface area contributed by atoms with Gasteiger partial charge in [0.15, 0.2) is 0 Å². The van der Waals surface area contributed by atoms with Gasteiger partial charge in [0, 0.05) is 11.8 Å². The zero-order valence-electron chi connectivity index (χ0n) is 11.9. The van der Waals surface area contributed by atoms with E-state index in [4.69, 9.17) is 4.74 Å². The summed E-state index contributed by atoms with van der Waals surface area (Å²) in [5.74, 6) is 0.662. The molecular formula is C14H23NO2S. The van der Waals surface area contributed by atoms with Gasteiger partial charge in [0.25, 0.3) is 0 Å². The summed E-state index contributed by atoms with van der Waals surface area (Å²) in [6.07, 6.45) is 1.69. The van der Waals surface area contributed by atoms with Crippen LogP contribution >= 0.6 is 11.3 Å². The molecule has 0 aliphatic heterocycles. The minimum absolute atomic E-state index is 0.0898. The van der Waals surface area contributed by atoms with Gasteiger partial charge in [-0.05, 0) is 18.3 Å². The Balaban J connectivity index is 2.69. The lowest BCUT2D eigenvalue weighted by atomic mass is 9.93. The maximum Gasteiger partial charge on any atom is 0.309 e. The molecule has 1 unspecified atom stereocenters. The first-order chi connectivity index (χ1) is 8.43. The number of hydrogen-bond donors (Lipinski definition) is 0. The highest BCUT2D eigenvalue weighted by molar-refractivity contribution is 7.09. The lowest BCUT2D eigenvalue weighted by Crippen LogP contribution is -2.23. The third kappa shape index (κ3) is 4.41. The molecule has 0 amide bonds. The van der Waals surface area contributed by atoms with Gasteiger partial charge in [0.2, 0.25) is 0 Å². The van der Waals surface area contributed by atoms with Crippen LogP contribution in [0.5, 0.6) is 0 Å². The fourth-order valence-electron chi connectivity index (χ4n) is 1.89. The molecule has 102 valence electrons. The third-order valence-corrected chi connectivity index (χ3v) is 3.84. The van der Waals surface area contributed by atoms with Crippen molar-refractivity contribution in [3.05, 3.63) is 16.1 Å². The molecule has 0 N–H and O–H groups in total. The Morgan fingerprint density at radius 3 is 2.50 bits per heavy atom. The highest BCUT2D eigenvalue weighted by atomic mass is 32.1. The summed E-state index contributed by atoms with van der Waals surface area (Å²) in [7, 11) is 1.45. The van der Waals surface area contributed by atoms with Gasteiger partial charge in [0.1, 0.15) is 0 Å². The predicted octanol–water partition coefficient (Wildman–Crippen LogP) is 3.33. The molecule has 0 aromatic carbocycles. The average molecular weight is 269 g/mol. The summed E-state index contributed by atoms with van der Waals surface area (Å²) in [4.78, 5) is 16.3. The van der Waals surface area contributed by atoms with Crippen molar-refractivity contribution in [3.8, 4) is 0 Å². The summed E-state index contributed by atoms with van der Waals surface area (Å²) in [5.41, 5.74) is 1.14. The quantitative estimate of drug-likeness (QED) is 0.744. The van der Waals surface area contributed by atoms with Crippen molar-refractivity contribution >= 4 is 17.3 Å². The van der Waals surface area contributed by atoms with Crippen LogP contribution in [-0.2, 0) is 22.4 Å². The molecule has 1 aromatic rings. The van der Waals surface area contributed by atoms with Crippen molar-refractivity contribution < 1.29 is 9.53 Å². The highest BCUT2D eigenvalue weighted by Gasteiger charge is 2.24. The standard InChI is InChI=1S/C14H23NO2S/c1-9(2)6-11-8-18-13(15-11)7-12(10(3)4)14(16)17-5/h8-10,12H,6-7H2,1-5H3. The van der Waals surface area contributed by atoms with Crippen LogP contribution in [0.15, 0.2) is 5.38 Å². The first-order valence-electron chi connectivity index (χ1n) is 6.45. The van der Waals surface area contributed by atoms with Gasteiger partial charge in [-0.2, -0.15) is 0 Å². The van der Waals surface area contributed by atoms with Crippen molar-refractivity contribution in [3.63, 3.8) is 0 Å². The second-order valence-electron chi connectivity index (χ2n) is 5.41. The zero-order valence-corrected chi connectivity index (χ0v) is 12.7. The van der Waals surface area contributed by atoms with Crippen LogP contribution in [-0.4, -0.2) is 18.1 Å². The molecular weight excluding hydrogens is 246 g/mol. The van der Waals surface area contributed by atoms with Crippen LogP contribution < -0.4 is 0 Å². The second-order valence-corrected chi connectivity index (χ2v) is 6.35. The summed E-state index contributed by atoms with van der Waals surface area (Å²) in [6, 6.07) is 0. The van der Waals surface area contributed by atoms with Gasteiger partial charge in [-0.3, -0.25) is 4.79 Å². The molecule has 4 heteroatoms.